The van der Waals surface area contributed by atoms with E-state index in [1.807, 2.05) is 39.0 Å². The van der Waals surface area contributed by atoms with Gasteiger partial charge in [-0.2, -0.15) is 0 Å². The van der Waals surface area contributed by atoms with E-state index in [1.165, 1.54) is 0 Å². The molecule has 3 heteroatoms. The summed E-state index contributed by atoms with van der Waals surface area (Å²) in [5.41, 5.74) is 5.08. The van der Waals surface area contributed by atoms with Gasteiger partial charge in [0.05, 0.1) is 6.42 Å². The molecular formula is C17H18ClNO. The molecule has 0 unspecified atom stereocenters. The van der Waals surface area contributed by atoms with Crippen molar-refractivity contribution >= 4 is 23.2 Å². The van der Waals surface area contributed by atoms with Gasteiger partial charge in [0.2, 0.25) is 5.91 Å². The van der Waals surface area contributed by atoms with Crippen LogP contribution in [0.2, 0.25) is 5.02 Å². The Labute approximate surface area is 124 Å². The van der Waals surface area contributed by atoms with Gasteiger partial charge in [-0.25, -0.2) is 0 Å². The molecule has 1 N–H and O–H groups in total. The van der Waals surface area contributed by atoms with Crippen LogP contribution in [0.15, 0.2) is 36.4 Å². The third-order valence-corrected chi connectivity index (χ3v) is 3.72. The molecular weight excluding hydrogens is 270 g/mol. The summed E-state index contributed by atoms with van der Waals surface area (Å²) in [5.74, 6) is -0.0291. The lowest BCUT2D eigenvalue weighted by molar-refractivity contribution is -0.115. The number of carbonyl (C=O) groups is 1. The fourth-order valence-corrected chi connectivity index (χ4v) is 2.22. The van der Waals surface area contributed by atoms with Gasteiger partial charge in [0.15, 0.2) is 0 Å². The van der Waals surface area contributed by atoms with Crippen LogP contribution in [0.4, 0.5) is 5.69 Å². The SMILES string of the molecule is Cc1ccc(C)c(CC(=O)Nc2ccc(C)c(Cl)c2)c1. The molecule has 1 amide bonds. The summed E-state index contributed by atoms with van der Waals surface area (Å²) in [4.78, 5) is 12.1. The van der Waals surface area contributed by atoms with Crippen LogP contribution in [0, 0.1) is 20.8 Å². The minimum atomic E-state index is -0.0291. The Hall–Kier alpha value is -1.80. The van der Waals surface area contributed by atoms with Crippen LogP contribution in [-0.4, -0.2) is 5.91 Å². The van der Waals surface area contributed by atoms with Crippen molar-refractivity contribution in [3.63, 3.8) is 0 Å². The quantitative estimate of drug-likeness (QED) is 0.888. The molecule has 0 saturated carbocycles. The van der Waals surface area contributed by atoms with E-state index >= 15 is 0 Å². The highest BCUT2D eigenvalue weighted by Crippen LogP contribution is 2.20. The molecule has 0 saturated heterocycles. The van der Waals surface area contributed by atoms with Crippen molar-refractivity contribution in [2.45, 2.75) is 27.2 Å². The fraction of sp³-hybridized carbons (Fsp3) is 0.235. The molecule has 2 aromatic rings. The first kappa shape index (κ1) is 14.6. The van der Waals surface area contributed by atoms with Crippen molar-refractivity contribution in [2.24, 2.45) is 0 Å². The molecule has 104 valence electrons. The smallest absolute Gasteiger partial charge is 0.228 e. The van der Waals surface area contributed by atoms with Gasteiger partial charge in [-0.15, -0.1) is 0 Å². The second kappa shape index (κ2) is 6.10. The summed E-state index contributed by atoms with van der Waals surface area (Å²) in [6, 6.07) is 11.7. The maximum absolute atomic E-state index is 12.1. The van der Waals surface area contributed by atoms with Crippen molar-refractivity contribution < 1.29 is 4.79 Å². The number of nitrogens with one attached hydrogen (secondary N) is 1. The lowest BCUT2D eigenvalue weighted by Gasteiger charge is -2.09. The van der Waals surface area contributed by atoms with Crippen LogP contribution in [0.25, 0.3) is 0 Å². The first-order valence-electron chi connectivity index (χ1n) is 6.58. The van der Waals surface area contributed by atoms with E-state index in [-0.39, 0.29) is 5.91 Å². The van der Waals surface area contributed by atoms with Crippen LogP contribution in [0.5, 0.6) is 0 Å². The molecule has 0 radical (unpaired) electrons. The Morgan fingerprint density at radius 1 is 1.05 bits per heavy atom. The van der Waals surface area contributed by atoms with Crippen molar-refractivity contribution in [3.8, 4) is 0 Å². The second-order valence-corrected chi connectivity index (χ2v) is 5.53. The molecule has 0 aliphatic heterocycles. The van der Waals surface area contributed by atoms with Crippen molar-refractivity contribution in [3.05, 3.63) is 63.7 Å². The Morgan fingerprint density at radius 3 is 2.45 bits per heavy atom. The second-order valence-electron chi connectivity index (χ2n) is 5.12. The predicted octanol–water partition coefficient (Wildman–Crippen LogP) is 4.45. The van der Waals surface area contributed by atoms with Crippen LogP contribution in [0.3, 0.4) is 0 Å². The number of carbonyl (C=O) groups excluding carboxylic acids is 1. The average Bonchev–Trinajstić information content (AvgIpc) is 2.38. The van der Waals surface area contributed by atoms with E-state index in [4.69, 9.17) is 11.6 Å². The van der Waals surface area contributed by atoms with Crippen LogP contribution >= 0.6 is 11.6 Å². The molecule has 0 spiro atoms. The fourth-order valence-electron chi connectivity index (χ4n) is 2.04. The van der Waals surface area contributed by atoms with Gasteiger partial charge < -0.3 is 5.32 Å². The zero-order chi connectivity index (χ0) is 14.7. The normalized spacial score (nSPS) is 10.4. The molecule has 0 aliphatic carbocycles. The lowest BCUT2D eigenvalue weighted by atomic mass is 10.0. The van der Waals surface area contributed by atoms with Crippen molar-refractivity contribution in [1.82, 2.24) is 0 Å². The third-order valence-electron chi connectivity index (χ3n) is 3.31. The van der Waals surface area contributed by atoms with Gasteiger partial charge >= 0.3 is 0 Å². The summed E-state index contributed by atoms with van der Waals surface area (Å²) in [6.07, 6.45) is 0.374. The molecule has 0 atom stereocenters. The molecule has 0 bridgehead atoms. The van der Waals surface area contributed by atoms with Crippen molar-refractivity contribution in [1.29, 1.82) is 0 Å². The zero-order valence-corrected chi connectivity index (χ0v) is 12.7. The van der Waals surface area contributed by atoms with Crippen LogP contribution in [0.1, 0.15) is 22.3 Å². The van der Waals surface area contributed by atoms with E-state index in [0.29, 0.717) is 11.4 Å². The van der Waals surface area contributed by atoms with Gasteiger partial charge in [-0.05, 0) is 49.6 Å². The number of amides is 1. The summed E-state index contributed by atoms with van der Waals surface area (Å²) in [6.45, 7) is 5.98. The predicted molar refractivity (Wildman–Crippen MR) is 84.4 cm³/mol. The largest absolute Gasteiger partial charge is 0.326 e. The highest BCUT2D eigenvalue weighted by atomic mass is 35.5. The molecule has 20 heavy (non-hydrogen) atoms. The number of rotatable bonds is 3. The summed E-state index contributed by atoms with van der Waals surface area (Å²) < 4.78 is 0. The van der Waals surface area contributed by atoms with E-state index in [0.717, 1.165) is 27.9 Å². The highest BCUT2D eigenvalue weighted by molar-refractivity contribution is 6.31. The average molecular weight is 288 g/mol. The van der Waals surface area contributed by atoms with Crippen LogP contribution < -0.4 is 5.32 Å². The van der Waals surface area contributed by atoms with E-state index in [9.17, 15) is 4.79 Å². The first-order valence-corrected chi connectivity index (χ1v) is 6.95. The van der Waals surface area contributed by atoms with E-state index < -0.39 is 0 Å². The van der Waals surface area contributed by atoms with E-state index in [2.05, 4.69) is 17.4 Å². The topological polar surface area (TPSA) is 29.1 Å². The number of aryl methyl sites for hydroxylation is 3. The van der Waals surface area contributed by atoms with Crippen LogP contribution in [-0.2, 0) is 11.2 Å². The molecule has 2 rings (SSSR count). The standard InChI is InChI=1S/C17H18ClNO/c1-11-4-5-12(2)14(8-11)9-17(20)19-15-7-6-13(3)16(18)10-15/h4-8,10H,9H2,1-3H3,(H,19,20). The molecule has 0 fully saturated rings. The zero-order valence-electron chi connectivity index (χ0n) is 12.0. The summed E-state index contributed by atoms with van der Waals surface area (Å²) in [7, 11) is 0. The minimum Gasteiger partial charge on any atom is -0.326 e. The van der Waals surface area contributed by atoms with Gasteiger partial charge in [0.1, 0.15) is 0 Å². The number of hydrogen-bond donors (Lipinski definition) is 1. The molecule has 0 aliphatic rings. The van der Waals surface area contributed by atoms with Gasteiger partial charge in [0.25, 0.3) is 0 Å². The molecule has 2 nitrogen and oxygen atoms in total. The van der Waals surface area contributed by atoms with Gasteiger partial charge in [0, 0.05) is 10.7 Å². The minimum absolute atomic E-state index is 0.0291. The first-order chi connectivity index (χ1) is 9.45. The number of benzene rings is 2. The summed E-state index contributed by atoms with van der Waals surface area (Å²) in [5, 5.41) is 3.54. The van der Waals surface area contributed by atoms with E-state index in [1.54, 1.807) is 6.07 Å². The van der Waals surface area contributed by atoms with Gasteiger partial charge in [-0.3, -0.25) is 4.79 Å². The maximum Gasteiger partial charge on any atom is 0.228 e. The third kappa shape index (κ3) is 3.61. The Balaban J connectivity index is 2.09. The Morgan fingerprint density at radius 2 is 1.75 bits per heavy atom. The lowest BCUT2D eigenvalue weighted by Crippen LogP contribution is -2.15. The monoisotopic (exact) mass is 287 g/mol. The number of halogens is 1. The molecule has 2 aromatic carbocycles. The van der Waals surface area contributed by atoms with Gasteiger partial charge in [-0.1, -0.05) is 41.4 Å². The maximum atomic E-state index is 12.1. The highest BCUT2D eigenvalue weighted by Gasteiger charge is 2.07. The molecule has 0 heterocycles. The molecule has 0 aromatic heterocycles. The summed E-state index contributed by atoms with van der Waals surface area (Å²) >= 11 is 6.05. The van der Waals surface area contributed by atoms with Crippen molar-refractivity contribution in [2.75, 3.05) is 5.32 Å². The number of anilines is 1. The number of hydrogen-bond acceptors (Lipinski definition) is 1. The Bertz CT molecular complexity index is 649. The Kier molecular flexibility index (Phi) is 4.46.